The van der Waals surface area contributed by atoms with E-state index < -0.39 is 5.79 Å². The monoisotopic (exact) mass is 276 g/mol. The van der Waals surface area contributed by atoms with Crippen LogP contribution in [0.4, 0.5) is 0 Å². The molecule has 6 heteroatoms. The molecule has 2 unspecified atom stereocenters. The van der Waals surface area contributed by atoms with E-state index in [9.17, 15) is 9.59 Å². The Labute approximate surface area is 112 Å². The van der Waals surface area contributed by atoms with Crippen LogP contribution in [0.3, 0.4) is 0 Å². The summed E-state index contributed by atoms with van der Waals surface area (Å²) in [5, 5.41) is 0.0714. The van der Waals surface area contributed by atoms with E-state index in [2.05, 4.69) is 4.74 Å². The number of esters is 1. The van der Waals surface area contributed by atoms with E-state index in [1.54, 1.807) is 0 Å². The molecule has 0 radical (unpaired) electrons. The molecular weight excluding hydrogens is 256 g/mol. The second-order valence-electron chi connectivity index (χ2n) is 4.19. The van der Waals surface area contributed by atoms with Crippen LogP contribution in [-0.2, 0) is 23.8 Å². The fraction of sp³-hybridized carbons (Fsp3) is 0.833. The zero-order chi connectivity index (χ0) is 13.6. The molecule has 0 N–H and O–H groups in total. The lowest BCUT2D eigenvalue weighted by atomic mass is 10.1. The minimum absolute atomic E-state index is 0.0714. The Kier molecular flexibility index (Phi) is 6.11. The maximum Gasteiger partial charge on any atom is 0.305 e. The quantitative estimate of drug-likeness (QED) is 0.689. The Morgan fingerprint density at radius 2 is 2.22 bits per heavy atom. The molecular formula is C12H20O5S. The Hall–Kier alpha value is -0.590. The number of methoxy groups -OCH3 is 1. The van der Waals surface area contributed by atoms with Crippen LogP contribution in [0, 0.1) is 0 Å². The lowest BCUT2D eigenvalue weighted by Crippen LogP contribution is -2.31. The average Bonchev–Trinajstić information content (AvgIpc) is 2.78. The molecule has 0 aliphatic carbocycles. The molecule has 1 fully saturated rings. The number of hydrogen-bond donors (Lipinski definition) is 0. The molecule has 1 rings (SSSR count). The molecule has 0 aromatic rings. The zero-order valence-corrected chi connectivity index (χ0v) is 11.9. The second kappa shape index (κ2) is 7.11. The number of rotatable bonds is 6. The molecule has 5 nitrogen and oxygen atoms in total. The smallest absolute Gasteiger partial charge is 0.305 e. The Morgan fingerprint density at radius 3 is 2.78 bits per heavy atom. The maximum absolute atomic E-state index is 11.1. The van der Waals surface area contributed by atoms with Crippen molar-refractivity contribution in [3.8, 4) is 0 Å². The van der Waals surface area contributed by atoms with Gasteiger partial charge in [0, 0.05) is 19.1 Å². The highest BCUT2D eigenvalue weighted by atomic mass is 32.2. The third kappa shape index (κ3) is 4.59. The normalized spacial score (nSPS) is 27.2. The van der Waals surface area contributed by atoms with Gasteiger partial charge in [-0.05, 0) is 6.42 Å². The van der Waals surface area contributed by atoms with Gasteiger partial charge >= 0.3 is 5.97 Å². The second-order valence-corrected chi connectivity index (χ2v) is 5.39. The summed E-state index contributed by atoms with van der Waals surface area (Å²) < 4.78 is 16.1. The topological polar surface area (TPSA) is 61.8 Å². The standard InChI is InChI=1S/C12H20O5S/c1-4-12(6-5-11(14)15-3)16-7-10(17-12)8-18-9(2)13/h10H,4-8H2,1-3H3. The van der Waals surface area contributed by atoms with Crippen LogP contribution in [-0.4, -0.2) is 42.4 Å². The molecule has 0 aromatic carbocycles. The minimum Gasteiger partial charge on any atom is -0.469 e. The fourth-order valence-electron chi connectivity index (χ4n) is 1.80. The molecule has 2 atom stereocenters. The molecule has 0 aromatic heterocycles. The van der Waals surface area contributed by atoms with Crippen molar-refractivity contribution >= 4 is 22.8 Å². The van der Waals surface area contributed by atoms with Crippen LogP contribution < -0.4 is 0 Å². The van der Waals surface area contributed by atoms with Crippen molar-refractivity contribution in [2.75, 3.05) is 19.5 Å². The SMILES string of the molecule is CCC1(CCC(=O)OC)OCC(CSC(C)=O)O1. The number of carbonyl (C=O) groups is 2. The highest BCUT2D eigenvalue weighted by Crippen LogP contribution is 2.32. The van der Waals surface area contributed by atoms with Crippen molar-refractivity contribution in [2.24, 2.45) is 0 Å². The van der Waals surface area contributed by atoms with Gasteiger partial charge in [0.05, 0.1) is 26.2 Å². The van der Waals surface area contributed by atoms with Crippen molar-refractivity contribution < 1.29 is 23.8 Å². The largest absolute Gasteiger partial charge is 0.469 e. The van der Waals surface area contributed by atoms with Gasteiger partial charge in [0.2, 0.25) is 0 Å². The summed E-state index contributed by atoms with van der Waals surface area (Å²) in [5.41, 5.74) is 0. The summed E-state index contributed by atoms with van der Waals surface area (Å²) in [4.78, 5) is 22.0. The van der Waals surface area contributed by atoms with E-state index in [1.165, 1.54) is 25.8 Å². The predicted molar refractivity (Wildman–Crippen MR) is 68.2 cm³/mol. The molecule has 0 bridgehead atoms. The number of thioether (sulfide) groups is 1. The van der Waals surface area contributed by atoms with Gasteiger partial charge in [-0.3, -0.25) is 9.59 Å². The first-order valence-corrected chi connectivity index (χ1v) is 7.02. The van der Waals surface area contributed by atoms with E-state index in [1.807, 2.05) is 6.92 Å². The molecule has 1 saturated heterocycles. The predicted octanol–water partition coefficient (Wildman–Crippen LogP) is 1.74. The van der Waals surface area contributed by atoms with Crippen LogP contribution in [0.5, 0.6) is 0 Å². The van der Waals surface area contributed by atoms with E-state index in [0.717, 1.165) is 0 Å². The van der Waals surface area contributed by atoms with Crippen LogP contribution in [0.2, 0.25) is 0 Å². The molecule has 0 amide bonds. The summed E-state index contributed by atoms with van der Waals surface area (Å²) >= 11 is 1.23. The molecule has 18 heavy (non-hydrogen) atoms. The first kappa shape index (κ1) is 15.5. The molecule has 104 valence electrons. The first-order valence-electron chi connectivity index (χ1n) is 6.03. The highest BCUT2D eigenvalue weighted by Gasteiger charge is 2.40. The van der Waals surface area contributed by atoms with Crippen LogP contribution in [0.25, 0.3) is 0 Å². The van der Waals surface area contributed by atoms with E-state index in [0.29, 0.717) is 25.2 Å². The third-order valence-corrected chi connectivity index (χ3v) is 3.81. The summed E-state index contributed by atoms with van der Waals surface area (Å²) in [6.45, 7) is 3.96. The number of carbonyl (C=O) groups excluding carboxylic acids is 2. The van der Waals surface area contributed by atoms with Crippen molar-refractivity contribution in [2.45, 2.75) is 45.0 Å². The average molecular weight is 276 g/mol. The molecule has 0 saturated carbocycles. The number of hydrogen-bond acceptors (Lipinski definition) is 6. The van der Waals surface area contributed by atoms with Gasteiger partial charge in [-0.15, -0.1) is 0 Å². The maximum atomic E-state index is 11.1. The highest BCUT2D eigenvalue weighted by molar-refractivity contribution is 8.13. The van der Waals surface area contributed by atoms with E-state index in [4.69, 9.17) is 9.47 Å². The molecule has 0 spiro atoms. The minimum atomic E-state index is -0.698. The Morgan fingerprint density at radius 1 is 1.50 bits per heavy atom. The lowest BCUT2D eigenvalue weighted by Gasteiger charge is -2.26. The fourth-order valence-corrected chi connectivity index (χ4v) is 2.38. The van der Waals surface area contributed by atoms with E-state index >= 15 is 0 Å². The Balaban J connectivity index is 2.42. The first-order chi connectivity index (χ1) is 8.51. The van der Waals surface area contributed by atoms with Gasteiger partial charge in [-0.1, -0.05) is 18.7 Å². The van der Waals surface area contributed by atoms with Crippen LogP contribution in [0.15, 0.2) is 0 Å². The molecule has 1 aliphatic rings. The van der Waals surface area contributed by atoms with Gasteiger partial charge in [0.25, 0.3) is 0 Å². The van der Waals surface area contributed by atoms with Crippen molar-refractivity contribution in [1.29, 1.82) is 0 Å². The zero-order valence-electron chi connectivity index (χ0n) is 11.1. The molecule has 1 heterocycles. The summed E-state index contributed by atoms with van der Waals surface area (Å²) in [6, 6.07) is 0. The molecule has 1 aliphatic heterocycles. The van der Waals surface area contributed by atoms with Crippen LogP contribution in [0.1, 0.15) is 33.1 Å². The lowest BCUT2D eigenvalue weighted by molar-refractivity contribution is -0.178. The van der Waals surface area contributed by atoms with Crippen molar-refractivity contribution in [3.63, 3.8) is 0 Å². The summed E-state index contributed by atoms with van der Waals surface area (Å²) in [7, 11) is 1.36. The van der Waals surface area contributed by atoms with Gasteiger partial charge in [0.1, 0.15) is 0 Å². The van der Waals surface area contributed by atoms with Crippen LogP contribution >= 0.6 is 11.8 Å². The van der Waals surface area contributed by atoms with Gasteiger partial charge in [0.15, 0.2) is 10.9 Å². The van der Waals surface area contributed by atoms with Crippen molar-refractivity contribution in [3.05, 3.63) is 0 Å². The van der Waals surface area contributed by atoms with Gasteiger partial charge < -0.3 is 14.2 Å². The summed E-state index contributed by atoms with van der Waals surface area (Å²) in [6.07, 6.45) is 1.34. The summed E-state index contributed by atoms with van der Waals surface area (Å²) in [5.74, 6) is -0.373. The van der Waals surface area contributed by atoms with Crippen molar-refractivity contribution in [1.82, 2.24) is 0 Å². The third-order valence-electron chi connectivity index (χ3n) is 2.86. The Bertz CT molecular complexity index is 307. The van der Waals surface area contributed by atoms with E-state index in [-0.39, 0.29) is 23.6 Å². The van der Waals surface area contributed by atoms with Gasteiger partial charge in [-0.2, -0.15) is 0 Å². The number of ether oxygens (including phenoxy) is 3. The van der Waals surface area contributed by atoms with Gasteiger partial charge in [-0.25, -0.2) is 0 Å².